The Morgan fingerprint density at radius 1 is 1.27 bits per heavy atom. The van der Waals surface area contributed by atoms with E-state index in [2.05, 4.69) is 0 Å². The van der Waals surface area contributed by atoms with Crippen LogP contribution in [-0.4, -0.2) is 24.0 Å². The molecule has 0 saturated carbocycles. The summed E-state index contributed by atoms with van der Waals surface area (Å²) in [5.41, 5.74) is 0.435. The van der Waals surface area contributed by atoms with Crippen LogP contribution in [-0.2, 0) is 10.7 Å². The average Bonchev–Trinajstić information content (AvgIpc) is 2.15. The van der Waals surface area contributed by atoms with Crippen LogP contribution >= 0.6 is 7.60 Å². The van der Waals surface area contributed by atoms with Gasteiger partial charge >= 0.3 is 7.60 Å². The van der Waals surface area contributed by atoms with Crippen LogP contribution in [0.15, 0.2) is 18.2 Å². The summed E-state index contributed by atoms with van der Waals surface area (Å²) in [4.78, 5) is 17.7. The first kappa shape index (κ1) is 12.0. The highest BCUT2D eigenvalue weighted by Gasteiger charge is 2.17. The summed E-state index contributed by atoms with van der Waals surface area (Å²) in [7, 11) is -1.16. The summed E-state index contributed by atoms with van der Waals surface area (Å²) in [6.45, 7) is 0. The topological polar surface area (TPSA) is 76.0 Å². The second-order valence-electron chi connectivity index (χ2n) is 3.00. The van der Waals surface area contributed by atoms with E-state index in [-0.39, 0.29) is 6.16 Å². The highest BCUT2D eigenvalue weighted by atomic mass is 31.2. The first-order chi connectivity index (χ1) is 6.96. The molecule has 0 atom stereocenters. The van der Waals surface area contributed by atoms with Gasteiger partial charge in [-0.25, -0.2) is 0 Å². The molecular weight excluding hydrogens is 219 g/mol. The van der Waals surface area contributed by atoms with E-state index in [0.717, 1.165) is 0 Å². The van der Waals surface area contributed by atoms with Gasteiger partial charge in [0.2, 0.25) is 0 Å². The maximum atomic E-state index is 10.9. The highest BCUT2D eigenvalue weighted by Crippen LogP contribution is 2.42. The van der Waals surface area contributed by atoms with Crippen LogP contribution in [0.2, 0.25) is 0 Å². The molecule has 1 rings (SSSR count). The molecule has 0 fully saturated rings. The molecule has 6 heteroatoms. The minimum atomic E-state index is -4.09. The lowest BCUT2D eigenvalue weighted by Gasteiger charge is -2.10. The molecular formula is C9H13O5P. The molecule has 0 aliphatic heterocycles. The SMILES string of the molecule is COc1ccc(OC)c(CP(=O)(O)O)c1. The molecule has 0 unspecified atom stereocenters. The second kappa shape index (κ2) is 4.66. The maximum absolute atomic E-state index is 10.9. The van der Waals surface area contributed by atoms with Crippen LogP contribution < -0.4 is 9.47 Å². The molecule has 84 valence electrons. The smallest absolute Gasteiger partial charge is 0.330 e. The zero-order chi connectivity index (χ0) is 11.5. The highest BCUT2D eigenvalue weighted by molar-refractivity contribution is 7.50. The molecule has 0 spiro atoms. The van der Waals surface area contributed by atoms with Crippen LogP contribution in [0.1, 0.15) is 5.56 Å². The largest absolute Gasteiger partial charge is 0.497 e. The lowest BCUT2D eigenvalue weighted by Crippen LogP contribution is -1.94. The minimum Gasteiger partial charge on any atom is -0.497 e. The third-order valence-electron chi connectivity index (χ3n) is 1.86. The van der Waals surface area contributed by atoms with E-state index >= 15 is 0 Å². The van der Waals surface area contributed by atoms with Gasteiger partial charge in [0.15, 0.2) is 0 Å². The molecule has 1 aromatic carbocycles. The molecule has 0 amide bonds. The van der Waals surface area contributed by atoms with Crippen molar-refractivity contribution < 1.29 is 23.8 Å². The Balaban J connectivity index is 3.06. The minimum absolute atomic E-state index is 0.354. The Labute approximate surface area is 87.8 Å². The lowest BCUT2D eigenvalue weighted by atomic mass is 10.2. The van der Waals surface area contributed by atoms with Gasteiger partial charge in [-0.1, -0.05) is 0 Å². The van der Waals surface area contributed by atoms with Crippen molar-refractivity contribution >= 4 is 7.60 Å². The Bertz CT molecular complexity index is 384. The number of ether oxygens (including phenoxy) is 2. The number of hydrogen-bond donors (Lipinski definition) is 2. The fraction of sp³-hybridized carbons (Fsp3) is 0.333. The van der Waals surface area contributed by atoms with Gasteiger partial charge in [-0.05, 0) is 18.2 Å². The van der Waals surface area contributed by atoms with Gasteiger partial charge in [0.05, 0.1) is 20.4 Å². The van der Waals surface area contributed by atoms with Gasteiger partial charge in [-0.2, -0.15) is 0 Å². The molecule has 0 aliphatic rings. The summed E-state index contributed by atoms with van der Waals surface area (Å²) in [6.07, 6.45) is -0.354. The molecule has 0 aliphatic carbocycles. The van der Waals surface area contributed by atoms with Gasteiger partial charge in [0.1, 0.15) is 11.5 Å². The summed E-state index contributed by atoms with van der Waals surface area (Å²) in [5.74, 6) is 0.985. The van der Waals surface area contributed by atoms with Crippen molar-refractivity contribution in [3.8, 4) is 11.5 Å². The summed E-state index contributed by atoms with van der Waals surface area (Å²) < 4.78 is 20.8. The first-order valence-corrected chi connectivity index (χ1v) is 6.01. The number of benzene rings is 1. The van der Waals surface area contributed by atoms with Gasteiger partial charge in [0, 0.05) is 5.56 Å². The number of hydrogen-bond acceptors (Lipinski definition) is 3. The Kier molecular flexibility index (Phi) is 3.74. The molecule has 0 radical (unpaired) electrons. The normalized spacial score (nSPS) is 11.2. The quantitative estimate of drug-likeness (QED) is 0.767. The van der Waals surface area contributed by atoms with Crippen molar-refractivity contribution in [3.63, 3.8) is 0 Å². The van der Waals surface area contributed by atoms with Crippen molar-refractivity contribution in [1.82, 2.24) is 0 Å². The number of rotatable bonds is 4. The average molecular weight is 232 g/mol. The maximum Gasteiger partial charge on any atom is 0.330 e. The van der Waals surface area contributed by atoms with Crippen LogP contribution in [0.25, 0.3) is 0 Å². The predicted octanol–water partition coefficient (Wildman–Crippen LogP) is 1.38. The lowest BCUT2D eigenvalue weighted by molar-refractivity contribution is 0.367. The van der Waals surface area contributed by atoms with Crippen LogP contribution in [0.5, 0.6) is 11.5 Å². The molecule has 2 N–H and O–H groups in total. The van der Waals surface area contributed by atoms with Crippen molar-refractivity contribution in [1.29, 1.82) is 0 Å². The third-order valence-corrected chi connectivity index (χ3v) is 2.62. The second-order valence-corrected chi connectivity index (χ2v) is 4.65. The Hall–Kier alpha value is -1.03. The Morgan fingerprint density at radius 3 is 2.40 bits per heavy atom. The van der Waals surface area contributed by atoms with Crippen molar-refractivity contribution in [3.05, 3.63) is 23.8 Å². The molecule has 15 heavy (non-hydrogen) atoms. The zero-order valence-electron chi connectivity index (χ0n) is 8.51. The zero-order valence-corrected chi connectivity index (χ0v) is 9.40. The van der Waals surface area contributed by atoms with Crippen molar-refractivity contribution in [2.45, 2.75) is 6.16 Å². The van der Waals surface area contributed by atoms with Gasteiger partial charge < -0.3 is 19.3 Å². The van der Waals surface area contributed by atoms with Crippen LogP contribution in [0, 0.1) is 0 Å². The molecule has 0 saturated heterocycles. The number of methoxy groups -OCH3 is 2. The van der Waals surface area contributed by atoms with E-state index in [1.54, 1.807) is 18.2 Å². The fourth-order valence-corrected chi connectivity index (χ4v) is 1.92. The van der Waals surface area contributed by atoms with Gasteiger partial charge in [-0.15, -0.1) is 0 Å². The predicted molar refractivity (Wildman–Crippen MR) is 55.3 cm³/mol. The van der Waals surface area contributed by atoms with E-state index < -0.39 is 7.60 Å². The van der Waals surface area contributed by atoms with Crippen LogP contribution in [0.3, 0.4) is 0 Å². The summed E-state index contributed by atoms with van der Waals surface area (Å²) in [5, 5.41) is 0. The van der Waals surface area contributed by atoms with E-state index in [4.69, 9.17) is 19.3 Å². The van der Waals surface area contributed by atoms with Crippen molar-refractivity contribution in [2.75, 3.05) is 14.2 Å². The molecule has 1 aromatic rings. The first-order valence-electron chi connectivity index (χ1n) is 4.22. The van der Waals surface area contributed by atoms with Crippen molar-refractivity contribution in [2.24, 2.45) is 0 Å². The fourth-order valence-electron chi connectivity index (χ4n) is 1.23. The third kappa shape index (κ3) is 3.55. The van der Waals surface area contributed by atoms with Gasteiger partial charge in [-0.3, -0.25) is 4.57 Å². The van der Waals surface area contributed by atoms with E-state index in [1.807, 2.05) is 0 Å². The molecule has 0 heterocycles. The van der Waals surface area contributed by atoms with E-state index in [0.29, 0.717) is 17.1 Å². The molecule has 0 aromatic heterocycles. The molecule has 5 nitrogen and oxygen atoms in total. The van der Waals surface area contributed by atoms with E-state index in [9.17, 15) is 4.57 Å². The molecule has 0 bridgehead atoms. The van der Waals surface area contributed by atoms with E-state index in [1.165, 1.54) is 14.2 Å². The standard InChI is InChI=1S/C9H13O5P/c1-13-8-3-4-9(14-2)7(5-8)6-15(10,11)12/h3-5H,6H2,1-2H3,(H2,10,11,12). The van der Waals surface area contributed by atoms with Crippen LogP contribution in [0.4, 0.5) is 0 Å². The monoisotopic (exact) mass is 232 g/mol. The van der Waals surface area contributed by atoms with Gasteiger partial charge in [0.25, 0.3) is 0 Å². The Morgan fingerprint density at radius 2 is 1.93 bits per heavy atom. The summed E-state index contributed by atoms with van der Waals surface area (Å²) in [6, 6.07) is 4.84. The summed E-state index contributed by atoms with van der Waals surface area (Å²) >= 11 is 0.